The second kappa shape index (κ2) is 7.73. The van der Waals surface area contributed by atoms with Gasteiger partial charge in [0, 0.05) is 34.4 Å². The number of aromatic nitrogens is 1. The lowest BCUT2D eigenvalue weighted by atomic mass is 9.91. The standard InChI is InChI=1S/C18H18N2OS2/c1-2-13-14-6-3-4-7-15(14)16(12-17(13)22-11-10-21)20-23-18-8-5-9-19-18/h2-9,12,19,21H,10-11H2,1H3/b13-2?,20-16+. The van der Waals surface area contributed by atoms with Crippen LogP contribution in [0.5, 0.6) is 0 Å². The Hall–Kier alpha value is -1.69. The van der Waals surface area contributed by atoms with Gasteiger partial charge in [0.15, 0.2) is 0 Å². The first-order valence-corrected chi connectivity index (χ1v) is 9.19. The number of nitrogens with one attached hydrogen (secondary N) is 1. The number of aromatic amines is 1. The Kier molecular flexibility index (Phi) is 5.43. The molecule has 1 aromatic heterocycles. The van der Waals surface area contributed by atoms with Crippen molar-refractivity contribution in [3.63, 3.8) is 0 Å². The maximum Gasteiger partial charge on any atom is 0.0952 e. The van der Waals surface area contributed by atoms with Crippen molar-refractivity contribution in [1.82, 2.24) is 4.98 Å². The first-order chi connectivity index (χ1) is 11.3. The van der Waals surface area contributed by atoms with Gasteiger partial charge in [-0.05, 0) is 36.3 Å². The van der Waals surface area contributed by atoms with E-state index in [1.807, 2.05) is 24.4 Å². The number of fused-ring (bicyclic) bond motifs is 1. The summed E-state index contributed by atoms with van der Waals surface area (Å²) in [6.07, 6.45) is 6.14. The average molecular weight is 342 g/mol. The minimum Gasteiger partial charge on any atom is -0.396 e. The van der Waals surface area contributed by atoms with Crippen LogP contribution in [0.4, 0.5) is 0 Å². The number of hydrogen-bond acceptors (Lipinski definition) is 4. The summed E-state index contributed by atoms with van der Waals surface area (Å²) < 4.78 is 4.72. The predicted molar refractivity (Wildman–Crippen MR) is 101 cm³/mol. The van der Waals surface area contributed by atoms with Crippen molar-refractivity contribution >= 4 is 35.0 Å². The van der Waals surface area contributed by atoms with Crippen molar-refractivity contribution in [3.8, 4) is 0 Å². The van der Waals surface area contributed by atoms with Gasteiger partial charge in [-0.25, -0.2) is 4.40 Å². The molecular weight excluding hydrogens is 324 g/mol. The number of aliphatic hydroxyl groups excluding tert-OH is 1. The Balaban J connectivity index is 2.00. The molecule has 1 heterocycles. The normalized spacial score (nSPS) is 17.4. The molecule has 0 atom stereocenters. The Morgan fingerprint density at radius 1 is 1.17 bits per heavy atom. The first-order valence-electron chi connectivity index (χ1n) is 7.43. The Labute approximate surface area is 144 Å². The summed E-state index contributed by atoms with van der Waals surface area (Å²) in [6.45, 7) is 2.22. The van der Waals surface area contributed by atoms with E-state index in [-0.39, 0.29) is 6.61 Å². The van der Waals surface area contributed by atoms with Crippen molar-refractivity contribution in [2.45, 2.75) is 11.9 Å². The number of rotatable bonds is 5. The molecule has 0 saturated carbocycles. The van der Waals surface area contributed by atoms with Gasteiger partial charge >= 0.3 is 0 Å². The largest absolute Gasteiger partial charge is 0.396 e. The van der Waals surface area contributed by atoms with Crippen molar-refractivity contribution in [3.05, 3.63) is 70.8 Å². The minimum atomic E-state index is 0.171. The van der Waals surface area contributed by atoms with Crippen LogP contribution in [-0.2, 0) is 0 Å². The zero-order valence-corrected chi connectivity index (χ0v) is 14.5. The monoisotopic (exact) mass is 342 g/mol. The van der Waals surface area contributed by atoms with E-state index in [9.17, 15) is 0 Å². The van der Waals surface area contributed by atoms with Crippen molar-refractivity contribution in [2.24, 2.45) is 4.40 Å². The van der Waals surface area contributed by atoms with Gasteiger partial charge in [-0.1, -0.05) is 30.3 Å². The molecule has 0 spiro atoms. The average Bonchev–Trinajstić information content (AvgIpc) is 3.11. The van der Waals surface area contributed by atoms with Crippen LogP contribution in [0.1, 0.15) is 18.1 Å². The Morgan fingerprint density at radius 2 is 2.00 bits per heavy atom. The molecule has 118 valence electrons. The highest BCUT2D eigenvalue weighted by Gasteiger charge is 2.20. The van der Waals surface area contributed by atoms with Gasteiger partial charge in [-0.15, -0.1) is 11.8 Å². The molecule has 0 unspecified atom stereocenters. The lowest BCUT2D eigenvalue weighted by Gasteiger charge is -2.21. The van der Waals surface area contributed by atoms with Crippen LogP contribution in [-0.4, -0.2) is 28.2 Å². The smallest absolute Gasteiger partial charge is 0.0952 e. The van der Waals surface area contributed by atoms with E-state index in [0.717, 1.165) is 21.2 Å². The van der Waals surface area contributed by atoms with Crippen molar-refractivity contribution in [2.75, 3.05) is 12.4 Å². The van der Waals surface area contributed by atoms with Crippen LogP contribution in [0.2, 0.25) is 0 Å². The summed E-state index contributed by atoms with van der Waals surface area (Å²) in [5, 5.41) is 10.2. The van der Waals surface area contributed by atoms with E-state index in [1.165, 1.54) is 23.1 Å². The molecular formula is C18H18N2OS2. The molecule has 0 bridgehead atoms. The van der Waals surface area contributed by atoms with Crippen molar-refractivity contribution < 1.29 is 5.11 Å². The van der Waals surface area contributed by atoms with E-state index in [1.54, 1.807) is 11.8 Å². The molecule has 2 N–H and O–H groups in total. The van der Waals surface area contributed by atoms with Crippen LogP contribution in [0.25, 0.3) is 5.57 Å². The van der Waals surface area contributed by atoms with Gasteiger partial charge in [0.2, 0.25) is 0 Å². The number of thioether (sulfide) groups is 1. The molecule has 0 amide bonds. The third kappa shape index (κ3) is 3.63. The molecule has 0 radical (unpaired) electrons. The lowest BCUT2D eigenvalue weighted by Crippen LogP contribution is -2.09. The molecule has 5 heteroatoms. The fourth-order valence-corrected chi connectivity index (χ4v) is 3.97. The summed E-state index contributed by atoms with van der Waals surface area (Å²) in [5.41, 5.74) is 4.52. The van der Waals surface area contributed by atoms with Crippen molar-refractivity contribution in [1.29, 1.82) is 0 Å². The van der Waals surface area contributed by atoms with Crippen LogP contribution in [0.15, 0.2) is 69.1 Å². The van der Waals surface area contributed by atoms with E-state index >= 15 is 0 Å². The molecule has 1 aromatic carbocycles. The van der Waals surface area contributed by atoms with Gasteiger partial charge in [-0.3, -0.25) is 0 Å². The molecule has 23 heavy (non-hydrogen) atoms. The van der Waals surface area contributed by atoms with E-state index in [4.69, 9.17) is 9.50 Å². The maximum atomic E-state index is 9.14. The van der Waals surface area contributed by atoms with Crippen LogP contribution in [0.3, 0.4) is 0 Å². The van der Waals surface area contributed by atoms with Crippen LogP contribution < -0.4 is 0 Å². The molecule has 0 fully saturated rings. The number of benzene rings is 1. The first kappa shape index (κ1) is 16.2. The quantitative estimate of drug-likeness (QED) is 0.785. The summed E-state index contributed by atoms with van der Waals surface area (Å²) in [7, 11) is 0. The molecule has 3 rings (SSSR count). The molecule has 0 saturated heterocycles. The Morgan fingerprint density at radius 3 is 2.70 bits per heavy atom. The number of hydrogen-bond donors (Lipinski definition) is 2. The topological polar surface area (TPSA) is 48.4 Å². The maximum absolute atomic E-state index is 9.14. The third-order valence-electron chi connectivity index (χ3n) is 3.48. The minimum absolute atomic E-state index is 0.171. The molecule has 0 aliphatic heterocycles. The fourth-order valence-electron chi connectivity index (χ4n) is 2.47. The van der Waals surface area contributed by atoms with E-state index < -0.39 is 0 Å². The molecule has 1 aliphatic carbocycles. The number of H-pyrrole nitrogens is 1. The summed E-state index contributed by atoms with van der Waals surface area (Å²) in [4.78, 5) is 4.31. The highest BCUT2D eigenvalue weighted by molar-refractivity contribution is 8.03. The second-order valence-corrected chi connectivity index (χ2v) is 6.87. The number of nitrogens with zero attached hydrogens (tertiary/aromatic N) is 1. The zero-order valence-electron chi connectivity index (χ0n) is 12.8. The molecule has 2 aromatic rings. The lowest BCUT2D eigenvalue weighted by molar-refractivity contribution is 0.322. The summed E-state index contributed by atoms with van der Waals surface area (Å²) in [6, 6.07) is 12.3. The predicted octanol–water partition coefficient (Wildman–Crippen LogP) is 4.54. The SMILES string of the molecule is CC=C1C(SCCO)=C/C(=N\Sc2ccc[nH]2)c2ccccc21. The molecule has 3 nitrogen and oxygen atoms in total. The number of aliphatic hydroxyl groups is 1. The fraction of sp³-hybridized carbons (Fsp3) is 0.167. The van der Waals surface area contributed by atoms with E-state index in [0.29, 0.717) is 5.75 Å². The van der Waals surface area contributed by atoms with Crippen LogP contribution >= 0.6 is 23.7 Å². The Bertz CT molecular complexity index is 761. The second-order valence-electron chi connectivity index (χ2n) is 4.93. The summed E-state index contributed by atoms with van der Waals surface area (Å²) in [5.74, 6) is 0.683. The van der Waals surface area contributed by atoms with Gasteiger partial charge in [0.1, 0.15) is 0 Å². The highest BCUT2D eigenvalue weighted by Crippen LogP contribution is 2.38. The van der Waals surface area contributed by atoms with Gasteiger partial charge in [0.05, 0.1) is 17.3 Å². The zero-order chi connectivity index (χ0) is 16.1. The van der Waals surface area contributed by atoms with Gasteiger partial charge < -0.3 is 10.1 Å². The molecule has 1 aliphatic rings. The van der Waals surface area contributed by atoms with Crippen LogP contribution in [0, 0.1) is 0 Å². The van der Waals surface area contributed by atoms with Gasteiger partial charge in [-0.2, -0.15) is 0 Å². The van der Waals surface area contributed by atoms with E-state index in [2.05, 4.69) is 42.3 Å². The number of allylic oxidation sites excluding steroid dienone is 3. The highest BCUT2D eigenvalue weighted by atomic mass is 32.2. The third-order valence-corrected chi connectivity index (χ3v) is 5.25. The van der Waals surface area contributed by atoms with Gasteiger partial charge in [0.25, 0.3) is 0 Å². The summed E-state index contributed by atoms with van der Waals surface area (Å²) >= 11 is 3.11.